The van der Waals surface area contributed by atoms with Crippen LogP contribution in [0, 0.1) is 11.8 Å². The van der Waals surface area contributed by atoms with Crippen molar-refractivity contribution in [2.24, 2.45) is 11.8 Å². The van der Waals surface area contributed by atoms with Crippen LogP contribution >= 0.6 is 0 Å². The molecule has 0 N–H and O–H groups in total. The third-order valence-corrected chi connectivity index (χ3v) is 4.66. The van der Waals surface area contributed by atoms with Crippen LogP contribution in [0.2, 0.25) is 0 Å². The van der Waals surface area contributed by atoms with Gasteiger partial charge in [-0.2, -0.15) is 0 Å². The number of Topliss-reactive ketones (excluding diaryl/α,β-unsaturated/α-hetero) is 1. The first-order valence-electron chi connectivity index (χ1n) is 7.53. The van der Waals surface area contributed by atoms with Crippen molar-refractivity contribution in [2.45, 2.75) is 25.7 Å². The summed E-state index contributed by atoms with van der Waals surface area (Å²) in [5.41, 5.74) is 2.60. The SMILES string of the molecule is O=C1C2CCC1Cc1cc(Oc3ccncc3)ccc1C2. The Morgan fingerprint density at radius 1 is 0.905 bits per heavy atom. The monoisotopic (exact) mass is 279 g/mol. The summed E-state index contributed by atoms with van der Waals surface area (Å²) < 4.78 is 5.87. The number of ketones is 1. The topological polar surface area (TPSA) is 39.2 Å². The van der Waals surface area contributed by atoms with Gasteiger partial charge in [0, 0.05) is 24.2 Å². The molecule has 1 aromatic carbocycles. The molecule has 1 saturated carbocycles. The summed E-state index contributed by atoms with van der Waals surface area (Å²) in [6.07, 6.45) is 7.34. The molecule has 0 amide bonds. The quantitative estimate of drug-likeness (QED) is 0.843. The van der Waals surface area contributed by atoms with Crippen LogP contribution in [0.25, 0.3) is 0 Å². The van der Waals surface area contributed by atoms with E-state index in [4.69, 9.17) is 4.74 Å². The number of aromatic nitrogens is 1. The van der Waals surface area contributed by atoms with Gasteiger partial charge < -0.3 is 4.74 Å². The molecule has 0 spiro atoms. The summed E-state index contributed by atoms with van der Waals surface area (Å²) in [4.78, 5) is 16.2. The molecule has 1 heterocycles. The van der Waals surface area contributed by atoms with E-state index >= 15 is 0 Å². The molecule has 2 atom stereocenters. The van der Waals surface area contributed by atoms with Crippen LogP contribution in [-0.4, -0.2) is 10.8 Å². The van der Waals surface area contributed by atoms with Crippen LogP contribution in [0.4, 0.5) is 0 Å². The second-order valence-electron chi connectivity index (χ2n) is 6.00. The van der Waals surface area contributed by atoms with E-state index in [2.05, 4.69) is 17.1 Å². The second-order valence-corrected chi connectivity index (χ2v) is 6.00. The smallest absolute Gasteiger partial charge is 0.139 e. The van der Waals surface area contributed by atoms with Gasteiger partial charge >= 0.3 is 0 Å². The van der Waals surface area contributed by atoms with Crippen molar-refractivity contribution >= 4 is 5.78 Å². The van der Waals surface area contributed by atoms with Gasteiger partial charge in [0.05, 0.1) is 0 Å². The van der Waals surface area contributed by atoms with Crippen molar-refractivity contribution < 1.29 is 9.53 Å². The zero-order valence-electron chi connectivity index (χ0n) is 11.8. The number of nitrogens with zero attached hydrogens (tertiary/aromatic N) is 1. The number of rotatable bonds is 2. The minimum absolute atomic E-state index is 0.229. The van der Waals surface area contributed by atoms with Crippen LogP contribution in [0.15, 0.2) is 42.7 Å². The molecule has 2 unspecified atom stereocenters. The summed E-state index contributed by atoms with van der Waals surface area (Å²) in [5, 5.41) is 0. The van der Waals surface area contributed by atoms with Gasteiger partial charge in [0.25, 0.3) is 0 Å². The number of ether oxygens (including phenoxy) is 1. The zero-order chi connectivity index (χ0) is 14.2. The van der Waals surface area contributed by atoms with E-state index in [1.165, 1.54) is 11.1 Å². The second kappa shape index (κ2) is 4.99. The lowest BCUT2D eigenvalue weighted by Gasteiger charge is -2.14. The number of benzene rings is 1. The van der Waals surface area contributed by atoms with Gasteiger partial charge in [-0.15, -0.1) is 0 Å². The fourth-order valence-corrected chi connectivity index (χ4v) is 3.55. The Morgan fingerprint density at radius 3 is 2.38 bits per heavy atom. The predicted molar refractivity (Wildman–Crippen MR) is 79.4 cm³/mol. The Morgan fingerprint density at radius 2 is 1.62 bits per heavy atom. The molecule has 2 aromatic rings. The highest BCUT2D eigenvalue weighted by molar-refractivity contribution is 5.86. The van der Waals surface area contributed by atoms with E-state index in [1.807, 2.05) is 18.2 Å². The molecule has 106 valence electrons. The van der Waals surface area contributed by atoms with Crippen molar-refractivity contribution in [3.63, 3.8) is 0 Å². The van der Waals surface area contributed by atoms with Crippen LogP contribution in [-0.2, 0) is 17.6 Å². The summed E-state index contributed by atoms with van der Waals surface area (Å²) in [6, 6.07) is 9.92. The van der Waals surface area contributed by atoms with Gasteiger partial charge in [-0.05, 0) is 61.1 Å². The van der Waals surface area contributed by atoms with E-state index in [0.29, 0.717) is 5.78 Å². The molecule has 2 aliphatic rings. The number of pyridine rings is 1. The van der Waals surface area contributed by atoms with Gasteiger partial charge in [-0.3, -0.25) is 9.78 Å². The van der Waals surface area contributed by atoms with E-state index in [1.54, 1.807) is 12.4 Å². The van der Waals surface area contributed by atoms with Crippen molar-refractivity contribution in [3.8, 4) is 11.5 Å². The van der Waals surface area contributed by atoms with Gasteiger partial charge in [0.15, 0.2) is 0 Å². The molecule has 0 radical (unpaired) electrons. The van der Waals surface area contributed by atoms with E-state index in [-0.39, 0.29) is 11.8 Å². The van der Waals surface area contributed by atoms with Gasteiger partial charge in [0.1, 0.15) is 17.3 Å². The molecule has 3 heteroatoms. The summed E-state index contributed by atoms with van der Waals surface area (Å²) in [7, 11) is 0. The van der Waals surface area contributed by atoms with Crippen LogP contribution in [0.3, 0.4) is 0 Å². The summed E-state index contributed by atoms with van der Waals surface area (Å²) in [5.74, 6) is 2.58. The normalized spacial score (nSPS) is 23.5. The lowest BCUT2D eigenvalue weighted by Crippen LogP contribution is -2.13. The molecule has 2 aliphatic carbocycles. The van der Waals surface area contributed by atoms with E-state index in [0.717, 1.165) is 37.2 Å². The first kappa shape index (κ1) is 12.6. The van der Waals surface area contributed by atoms with Gasteiger partial charge in [0.2, 0.25) is 0 Å². The highest BCUT2D eigenvalue weighted by atomic mass is 16.5. The molecule has 0 aliphatic heterocycles. The average Bonchev–Trinajstić information content (AvgIpc) is 2.75. The number of carbonyl (C=O) groups excluding carboxylic acids is 1. The molecule has 2 bridgehead atoms. The van der Waals surface area contributed by atoms with Crippen molar-refractivity contribution in [3.05, 3.63) is 53.9 Å². The fourth-order valence-electron chi connectivity index (χ4n) is 3.55. The maximum absolute atomic E-state index is 12.2. The largest absolute Gasteiger partial charge is 0.457 e. The third kappa shape index (κ3) is 2.33. The van der Waals surface area contributed by atoms with E-state index < -0.39 is 0 Å². The molecule has 21 heavy (non-hydrogen) atoms. The van der Waals surface area contributed by atoms with E-state index in [9.17, 15) is 4.79 Å². The highest BCUT2D eigenvalue weighted by Gasteiger charge is 2.37. The maximum atomic E-state index is 12.2. The molecule has 0 saturated heterocycles. The Labute approximate surface area is 124 Å². The van der Waals surface area contributed by atoms with Gasteiger partial charge in [-0.1, -0.05) is 6.07 Å². The molecule has 1 aromatic heterocycles. The minimum Gasteiger partial charge on any atom is -0.457 e. The lowest BCUT2D eigenvalue weighted by molar-refractivity contribution is -0.123. The molecule has 1 fully saturated rings. The Balaban J connectivity index is 1.63. The van der Waals surface area contributed by atoms with Gasteiger partial charge in [-0.25, -0.2) is 0 Å². The minimum atomic E-state index is 0.229. The molecule has 4 rings (SSSR count). The number of hydrogen-bond acceptors (Lipinski definition) is 3. The fraction of sp³-hybridized carbons (Fsp3) is 0.333. The first-order chi connectivity index (χ1) is 10.3. The Hall–Kier alpha value is -2.16. The van der Waals surface area contributed by atoms with Crippen LogP contribution in [0.1, 0.15) is 24.0 Å². The third-order valence-electron chi connectivity index (χ3n) is 4.66. The highest BCUT2D eigenvalue weighted by Crippen LogP contribution is 2.38. The Kier molecular flexibility index (Phi) is 2.99. The standard InChI is InChI=1S/C18H17NO2/c20-18-13-1-2-14(18)10-15-11-17(4-3-12(15)9-13)21-16-5-7-19-8-6-16/h3-8,11,13-14H,1-2,9-10H2. The lowest BCUT2D eigenvalue weighted by atomic mass is 9.93. The predicted octanol–water partition coefficient (Wildman–Crippen LogP) is 3.57. The molecular weight excluding hydrogens is 262 g/mol. The number of fused-ring (bicyclic) bond motifs is 3. The zero-order valence-corrected chi connectivity index (χ0v) is 11.8. The van der Waals surface area contributed by atoms with Crippen molar-refractivity contribution in [1.29, 1.82) is 0 Å². The summed E-state index contributed by atoms with van der Waals surface area (Å²) in [6.45, 7) is 0. The van der Waals surface area contributed by atoms with Crippen molar-refractivity contribution in [2.75, 3.05) is 0 Å². The first-order valence-corrected chi connectivity index (χ1v) is 7.53. The number of hydrogen-bond donors (Lipinski definition) is 0. The number of carbonyl (C=O) groups is 1. The van der Waals surface area contributed by atoms with Crippen LogP contribution < -0.4 is 4.74 Å². The average molecular weight is 279 g/mol. The Bertz CT molecular complexity index is 681. The molecular formula is C18H17NO2. The summed E-state index contributed by atoms with van der Waals surface area (Å²) >= 11 is 0. The maximum Gasteiger partial charge on any atom is 0.139 e. The van der Waals surface area contributed by atoms with Crippen molar-refractivity contribution in [1.82, 2.24) is 4.98 Å². The van der Waals surface area contributed by atoms with Crippen LogP contribution in [0.5, 0.6) is 11.5 Å². The molecule has 3 nitrogen and oxygen atoms in total.